The quantitative estimate of drug-likeness (QED) is 0.561. The molecule has 0 unspecified atom stereocenters. The Morgan fingerprint density at radius 2 is 1.88 bits per heavy atom. The molecule has 2 aromatic carbocycles. The molecule has 0 spiro atoms. The van der Waals surface area contributed by atoms with Gasteiger partial charge in [-0.2, -0.15) is 0 Å². The lowest BCUT2D eigenvalue weighted by atomic mass is 9.98. The van der Waals surface area contributed by atoms with Gasteiger partial charge in [0, 0.05) is 18.8 Å². The van der Waals surface area contributed by atoms with Crippen LogP contribution in [0.15, 0.2) is 48.5 Å². The Morgan fingerprint density at radius 3 is 2.61 bits per heavy atom. The van der Waals surface area contributed by atoms with Gasteiger partial charge in [-0.05, 0) is 62.8 Å². The Hall–Kier alpha value is -2.71. The van der Waals surface area contributed by atoms with Crippen molar-refractivity contribution >= 4 is 27.6 Å². The lowest BCUT2D eigenvalue weighted by molar-refractivity contribution is -0.120. The fourth-order valence-corrected chi connectivity index (χ4v) is 5.66. The van der Waals surface area contributed by atoms with Crippen LogP contribution in [0.1, 0.15) is 47.7 Å². The van der Waals surface area contributed by atoms with Crippen LogP contribution in [0.2, 0.25) is 0 Å². The van der Waals surface area contributed by atoms with E-state index in [1.165, 1.54) is 4.31 Å². The molecule has 1 aliphatic rings. The van der Waals surface area contributed by atoms with Gasteiger partial charge in [0.25, 0.3) is 0 Å². The predicted octanol–water partition coefficient (Wildman–Crippen LogP) is 3.78. The number of esters is 1. The number of hydrogen-bond acceptors (Lipinski definition) is 5. The van der Waals surface area contributed by atoms with Crippen molar-refractivity contribution in [1.82, 2.24) is 4.31 Å². The highest BCUT2D eigenvalue weighted by atomic mass is 32.2. The Balaban J connectivity index is 1.60. The number of carbonyl (C=O) groups excluding carboxylic acids is 2. The van der Waals surface area contributed by atoms with E-state index in [4.69, 9.17) is 4.74 Å². The Labute approximate surface area is 196 Å². The van der Waals surface area contributed by atoms with Gasteiger partial charge < -0.3 is 10.1 Å². The summed E-state index contributed by atoms with van der Waals surface area (Å²) in [5, 5.41) is 2.89. The molecule has 0 aromatic heterocycles. The number of hydrogen-bond donors (Lipinski definition) is 1. The molecular formula is C25H32N2O5S. The number of nitrogens with one attached hydrogen (secondary N) is 1. The van der Waals surface area contributed by atoms with Gasteiger partial charge >= 0.3 is 5.97 Å². The van der Waals surface area contributed by atoms with E-state index in [-0.39, 0.29) is 24.8 Å². The molecule has 0 saturated carbocycles. The van der Waals surface area contributed by atoms with Gasteiger partial charge in [-0.25, -0.2) is 17.5 Å². The highest BCUT2D eigenvalue weighted by Crippen LogP contribution is 2.24. The van der Waals surface area contributed by atoms with Crippen LogP contribution in [0, 0.1) is 12.8 Å². The van der Waals surface area contributed by atoms with E-state index in [0.717, 1.165) is 5.56 Å². The zero-order valence-electron chi connectivity index (χ0n) is 19.2. The van der Waals surface area contributed by atoms with Crippen molar-refractivity contribution in [1.29, 1.82) is 0 Å². The van der Waals surface area contributed by atoms with Crippen LogP contribution in [0.5, 0.6) is 0 Å². The number of sulfonamides is 1. The van der Waals surface area contributed by atoms with Crippen molar-refractivity contribution in [3.05, 3.63) is 65.2 Å². The largest absolute Gasteiger partial charge is 0.462 e. The number of rotatable bonds is 9. The first-order chi connectivity index (χ1) is 15.8. The van der Waals surface area contributed by atoms with Crippen molar-refractivity contribution in [3.8, 4) is 0 Å². The SMILES string of the molecule is CCOC(=O)c1cccc(NC(=O)[C@@H]2CCCN(S(=O)(=O)CCCc3ccccc3)C2)c1C. The average molecular weight is 473 g/mol. The number of ether oxygens (including phenoxy) is 1. The van der Waals surface area contributed by atoms with Gasteiger partial charge in [0.05, 0.1) is 23.8 Å². The van der Waals surface area contributed by atoms with Crippen molar-refractivity contribution < 1.29 is 22.7 Å². The van der Waals surface area contributed by atoms with Gasteiger partial charge in [-0.1, -0.05) is 36.4 Å². The molecule has 1 fully saturated rings. The Bertz CT molecular complexity index is 1070. The van der Waals surface area contributed by atoms with Crippen LogP contribution in [0.4, 0.5) is 5.69 Å². The molecule has 3 rings (SSSR count). The second-order valence-electron chi connectivity index (χ2n) is 8.29. The number of benzene rings is 2. The smallest absolute Gasteiger partial charge is 0.338 e. The van der Waals surface area contributed by atoms with E-state index in [1.807, 2.05) is 30.3 Å². The number of aryl methyl sites for hydroxylation is 1. The van der Waals surface area contributed by atoms with Crippen molar-refractivity contribution in [2.75, 3.05) is 30.8 Å². The third-order valence-electron chi connectivity index (χ3n) is 5.95. The molecule has 0 aliphatic carbocycles. The van der Waals surface area contributed by atoms with E-state index in [2.05, 4.69) is 5.32 Å². The second kappa shape index (κ2) is 11.4. The van der Waals surface area contributed by atoms with Crippen LogP contribution in [0.25, 0.3) is 0 Å². The molecule has 8 heteroatoms. The number of piperidine rings is 1. The van der Waals surface area contributed by atoms with E-state index in [9.17, 15) is 18.0 Å². The summed E-state index contributed by atoms with van der Waals surface area (Å²) in [6.45, 7) is 4.38. The lowest BCUT2D eigenvalue weighted by Crippen LogP contribution is -2.44. The molecule has 178 valence electrons. The van der Waals surface area contributed by atoms with Crippen LogP contribution < -0.4 is 5.32 Å². The molecule has 0 bridgehead atoms. The third kappa shape index (κ3) is 6.65. The molecule has 1 atom stereocenters. The van der Waals surface area contributed by atoms with Gasteiger partial charge in [0.1, 0.15) is 0 Å². The van der Waals surface area contributed by atoms with Crippen molar-refractivity contribution in [2.45, 2.75) is 39.5 Å². The summed E-state index contributed by atoms with van der Waals surface area (Å²) in [5.41, 5.74) is 2.68. The fourth-order valence-electron chi connectivity index (χ4n) is 4.08. The Kier molecular flexibility index (Phi) is 8.63. The number of carbonyl (C=O) groups is 2. The maximum absolute atomic E-state index is 12.9. The number of nitrogens with zero attached hydrogens (tertiary/aromatic N) is 1. The van der Waals surface area contributed by atoms with E-state index in [1.54, 1.807) is 32.0 Å². The maximum Gasteiger partial charge on any atom is 0.338 e. The van der Waals surface area contributed by atoms with E-state index >= 15 is 0 Å². The van der Waals surface area contributed by atoms with Crippen LogP contribution in [-0.4, -0.2) is 50.0 Å². The maximum atomic E-state index is 12.9. The zero-order valence-corrected chi connectivity index (χ0v) is 20.1. The summed E-state index contributed by atoms with van der Waals surface area (Å²) < 4.78 is 32.3. The van der Waals surface area contributed by atoms with Gasteiger partial charge in [-0.3, -0.25) is 4.79 Å². The summed E-state index contributed by atoms with van der Waals surface area (Å²) >= 11 is 0. The summed E-state index contributed by atoms with van der Waals surface area (Å²) in [5.74, 6) is -1.04. The normalized spacial score (nSPS) is 16.8. The molecule has 0 radical (unpaired) electrons. The average Bonchev–Trinajstić information content (AvgIpc) is 2.81. The van der Waals surface area contributed by atoms with E-state index < -0.39 is 21.9 Å². The summed E-state index contributed by atoms with van der Waals surface area (Å²) in [4.78, 5) is 25.1. The molecule has 7 nitrogen and oxygen atoms in total. The lowest BCUT2D eigenvalue weighted by Gasteiger charge is -2.31. The summed E-state index contributed by atoms with van der Waals surface area (Å²) in [6.07, 6.45) is 2.50. The third-order valence-corrected chi connectivity index (χ3v) is 7.87. The van der Waals surface area contributed by atoms with Crippen LogP contribution in [-0.2, 0) is 26.0 Å². The minimum atomic E-state index is -3.43. The Morgan fingerprint density at radius 1 is 1.12 bits per heavy atom. The zero-order chi connectivity index (χ0) is 23.8. The highest BCUT2D eigenvalue weighted by molar-refractivity contribution is 7.89. The van der Waals surface area contributed by atoms with E-state index in [0.29, 0.717) is 49.0 Å². The van der Waals surface area contributed by atoms with Gasteiger partial charge in [-0.15, -0.1) is 0 Å². The van der Waals surface area contributed by atoms with Gasteiger partial charge in [0.15, 0.2) is 0 Å². The minimum absolute atomic E-state index is 0.0664. The van der Waals surface area contributed by atoms with Gasteiger partial charge in [0.2, 0.25) is 15.9 Å². The monoisotopic (exact) mass is 472 g/mol. The summed E-state index contributed by atoms with van der Waals surface area (Å²) in [6, 6.07) is 14.9. The highest BCUT2D eigenvalue weighted by Gasteiger charge is 2.32. The molecule has 1 aliphatic heterocycles. The first-order valence-corrected chi connectivity index (χ1v) is 13.0. The fraction of sp³-hybridized carbons (Fsp3) is 0.440. The molecule has 1 amide bonds. The predicted molar refractivity (Wildman–Crippen MR) is 129 cm³/mol. The number of amides is 1. The molecular weight excluding hydrogens is 440 g/mol. The number of anilines is 1. The molecule has 33 heavy (non-hydrogen) atoms. The molecule has 1 saturated heterocycles. The molecule has 1 N–H and O–H groups in total. The van der Waals surface area contributed by atoms with Crippen molar-refractivity contribution in [2.24, 2.45) is 5.92 Å². The topological polar surface area (TPSA) is 92.8 Å². The van der Waals surface area contributed by atoms with Crippen molar-refractivity contribution in [3.63, 3.8) is 0 Å². The standard InChI is InChI=1S/C25H32N2O5S/c1-3-32-25(29)22-14-7-15-23(19(22)2)26-24(28)21-13-8-16-27(18-21)33(30,31)17-9-12-20-10-5-4-6-11-20/h4-7,10-11,14-15,21H,3,8-9,12-13,16-18H2,1-2H3,(H,26,28)/t21-/m1/s1. The van der Waals surface area contributed by atoms with Crippen LogP contribution in [0.3, 0.4) is 0 Å². The van der Waals surface area contributed by atoms with Crippen LogP contribution >= 0.6 is 0 Å². The molecule has 2 aromatic rings. The molecule has 1 heterocycles. The summed E-state index contributed by atoms with van der Waals surface area (Å²) in [7, 11) is -3.43. The first-order valence-electron chi connectivity index (χ1n) is 11.4. The minimum Gasteiger partial charge on any atom is -0.462 e. The first kappa shape index (κ1) is 24.9. The second-order valence-corrected chi connectivity index (χ2v) is 10.4.